The minimum absolute atomic E-state index is 0.248. The normalized spacial score (nSPS) is 24.0. The van der Waals surface area contributed by atoms with Gasteiger partial charge in [-0.15, -0.1) is 0 Å². The van der Waals surface area contributed by atoms with E-state index < -0.39 is 0 Å². The second-order valence-electron chi connectivity index (χ2n) is 7.22. The van der Waals surface area contributed by atoms with Gasteiger partial charge in [0.2, 0.25) is 11.8 Å². The molecule has 5 nitrogen and oxygen atoms in total. The van der Waals surface area contributed by atoms with Crippen molar-refractivity contribution >= 4 is 11.8 Å². The van der Waals surface area contributed by atoms with Crippen LogP contribution in [0.15, 0.2) is 0 Å². The predicted molar refractivity (Wildman–Crippen MR) is 85.3 cm³/mol. The Kier molecular flexibility index (Phi) is 5.34. The lowest BCUT2D eigenvalue weighted by Crippen LogP contribution is -2.42. The van der Waals surface area contributed by atoms with Crippen LogP contribution in [0, 0.1) is 11.8 Å². The molecule has 3 fully saturated rings. The van der Waals surface area contributed by atoms with Crippen LogP contribution in [-0.2, 0) is 9.59 Å². The number of carbonyl (C=O) groups excluding carboxylic acids is 2. The highest BCUT2D eigenvalue weighted by Gasteiger charge is 2.26. The largest absolute Gasteiger partial charge is 0.356 e. The zero-order valence-electron chi connectivity index (χ0n) is 13.6. The Morgan fingerprint density at radius 2 is 1.82 bits per heavy atom. The van der Waals surface area contributed by atoms with E-state index in [-0.39, 0.29) is 5.91 Å². The fraction of sp³-hybridized carbons (Fsp3) is 0.882. The van der Waals surface area contributed by atoms with Gasteiger partial charge >= 0.3 is 0 Å². The minimum atomic E-state index is 0.248. The molecule has 1 aliphatic carbocycles. The molecule has 0 aromatic heterocycles. The molecular formula is C17H29N3O2. The van der Waals surface area contributed by atoms with Crippen LogP contribution in [0.5, 0.6) is 0 Å². The van der Waals surface area contributed by atoms with Gasteiger partial charge in [0, 0.05) is 39.0 Å². The zero-order valence-corrected chi connectivity index (χ0v) is 13.6. The molecule has 1 N–H and O–H groups in total. The quantitative estimate of drug-likeness (QED) is 0.770. The minimum Gasteiger partial charge on any atom is -0.356 e. The SMILES string of the molecule is O=C(CC1CC1)NCC1CCN(CCN2CCCC2=O)CC1. The predicted octanol–water partition coefficient (Wildman–Crippen LogP) is 1.24. The lowest BCUT2D eigenvalue weighted by Gasteiger charge is -2.33. The van der Waals surface area contributed by atoms with Gasteiger partial charge in [0.25, 0.3) is 0 Å². The summed E-state index contributed by atoms with van der Waals surface area (Å²) >= 11 is 0. The third kappa shape index (κ3) is 4.70. The van der Waals surface area contributed by atoms with Crippen LogP contribution in [0.3, 0.4) is 0 Å². The molecule has 0 atom stereocenters. The summed E-state index contributed by atoms with van der Waals surface area (Å²) in [5.74, 6) is 1.88. The van der Waals surface area contributed by atoms with E-state index in [4.69, 9.17) is 0 Å². The number of amides is 2. The first-order chi connectivity index (χ1) is 10.7. The molecule has 0 bridgehead atoms. The molecule has 3 aliphatic rings. The zero-order chi connectivity index (χ0) is 15.4. The molecule has 2 aliphatic heterocycles. The molecular weight excluding hydrogens is 278 g/mol. The van der Waals surface area contributed by atoms with Gasteiger partial charge in [0.15, 0.2) is 0 Å². The summed E-state index contributed by atoms with van der Waals surface area (Å²) < 4.78 is 0. The van der Waals surface area contributed by atoms with Crippen LogP contribution in [0.25, 0.3) is 0 Å². The number of nitrogens with zero attached hydrogens (tertiary/aromatic N) is 2. The molecule has 2 heterocycles. The van der Waals surface area contributed by atoms with Crippen molar-refractivity contribution in [2.75, 3.05) is 39.3 Å². The van der Waals surface area contributed by atoms with Crippen molar-refractivity contribution in [1.82, 2.24) is 15.1 Å². The topological polar surface area (TPSA) is 52.7 Å². The van der Waals surface area contributed by atoms with E-state index >= 15 is 0 Å². The molecule has 2 saturated heterocycles. The van der Waals surface area contributed by atoms with Crippen LogP contribution in [-0.4, -0.2) is 60.9 Å². The first kappa shape index (κ1) is 15.8. The average molecular weight is 307 g/mol. The Hall–Kier alpha value is -1.10. The van der Waals surface area contributed by atoms with Gasteiger partial charge in [-0.2, -0.15) is 0 Å². The van der Waals surface area contributed by atoms with Crippen molar-refractivity contribution in [3.8, 4) is 0 Å². The van der Waals surface area contributed by atoms with Crippen LogP contribution >= 0.6 is 0 Å². The smallest absolute Gasteiger partial charge is 0.222 e. The van der Waals surface area contributed by atoms with Crippen molar-refractivity contribution in [1.29, 1.82) is 0 Å². The first-order valence-corrected chi connectivity index (χ1v) is 8.97. The van der Waals surface area contributed by atoms with Crippen molar-refractivity contribution in [3.63, 3.8) is 0 Å². The fourth-order valence-corrected chi connectivity index (χ4v) is 3.53. The van der Waals surface area contributed by atoms with Gasteiger partial charge in [-0.1, -0.05) is 0 Å². The molecule has 2 amide bonds. The summed E-state index contributed by atoms with van der Waals surface area (Å²) in [5.41, 5.74) is 0. The van der Waals surface area contributed by atoms with Gasteiger partial charge in [0.05, 0.1) is 0 Å². The van der Waals surface area contributed by atoms with Gasteiger partial charge in [-0.05, 0) is 57.0 Å². The molecule has 0 unspecified atom stereocenters. The first-order valence-electron chi connectivity index (χ1n) is 8.97. The van der Waals surface area contributed by atoms with Crippen LogP contribution < -0.4 is 5.32 Å². The molecule has 1 saturated carbocycles. The van der Waals surface area contributed by atoms with Gasteiger partial charge in [0.1, 0.15) is 0 Å². The Morgan fingerprint density at radius 1 is 1.05 bits per heavy atom. The second kappa shape index (κ2) is 7.44. The van der Waals surface area contributed by atoms with E-state index in [1.165, 1.54) is 12.8 Å². The number of rotatable bonds is 7. The van der Waals surface area contributed by atoms with Crippen LogP contribution in [0.1, 0.15) is 44.9 Å². The summed E-state index contributed by atoms with van der Waals surface area (Å²) in [6, 6.07) is 0. The maximum atomic E-state index is 11.7. The highest BCUT2D eigenvalue weighted by molar-refractivity contribution is 5.78. The van der Waals surface area contributed by atoms with Gasteiger partial charge in [-0.25, -0.2) is 0 Å². The molecule has 0 spiro atoms. The van der Waals surface area contributed by atoms with E-state index in [1.54, 1.807) is 0 Å². The summed E-state index contributed by atoms with van der Waals surface area (Å²) in [4.78, 5) is 27.8. The van der Waals surface area contributed by atoms with Crippen molar-refractivity contribution in [2.24, 2.45) is 11.8 Å². The average Bonchev–Trinajstić information content (AvgIpc) is 3.24. The van der Waals surface area contributed by atoms with Crippen molar-refractivity contribution in [2.45, 2.75) is 44.9 Å². The summed E-state index contributed by atoms with van der Waals surface area (Å²) in [6.07, 6.45) is 7.32. The molecule has 22 heavy (non-hydrogen) atoms. The lowest BCUT2D eigenvalue weighted by atomic mass is 9.96. The third-order valence-corrected chi connectivity index (χ3v) is 5.32. The van der Waals surface area contributed by atoms with E-state index in [9.17, 15) is 9.59 Å². The Balaban J connectivity index is 1.27. The van der Waals surface area contributed by atoms with Crippen molar-refractivity contribution < 1.29 is 9.59 Å². The fourth-order valence-electron chi connectivity index (χ4n) is 3.53. The van der Waals surface area contributed by atoms with E-state index in [2.05, 4.69) is 10.2 Å². The number of hydrogen-bond acceptors (Lipinski definition) is 3. The highest BCUT2D eigenvalue weighted by Crippen LogP contribution is 2.32. The standard InChI is InChI=1S/C17H29N3O2/c21-16(12-14-3-4-14)18-13-15-5-8-19(9-6-15)10-11-20-7-1-2-17(20)22/h14-15H,1-13H2,(H,18,21). The number of nitrogens with one attached hydrogen (secondary N) is 1. The molecule has 0 aromatic carbocycles. The Morgan fingerprint density at radius 3 is 2.45 bits per heavy atom. The van der Waals surface area contributed by atoms with E-state index in [0.29, 0.717) is 17.7 Å². The molecule has 0 radical (unpaired) electrons. The molecule has 0 aromatic rings. The maximum Gasteiger partial charge on any atom is 0.222 e. The highest BCUT2D eigenvalue weighted by atomic mass is 16.2. The third-order valence-electron chi connectivity index (χ3n) is 5.32. The van der Waals surface area contributed by atoms with Crippen LogP contribution in [0.2, 0.25) is 0 Å². The molecule has 124 valence electrons. The van der Waals surface area contributed by atoms with E-state index in [1.807, 2.05) is 4.90 Å². The maximum absolute atomic E-state index is 11.7. The number of carbonyl (C=O) groups is 2. The van der Waals surface area contributed by atoms with Crippen LogP contribution in [0.4, 0.5) is 0 Å². The monoisotopic (exact) mass is 307 g/mol. The second-order valence-corrected chi connectivity index (χ2v) is 7.22. The van der Waals surface area contributed by atoms with Gasteiger partial charge < -0.3 is 15.1 Å². The van der Waals surface area contributed by atoms with Gasteiger partial charge in [-0.3, -0.25) is 9.59 Å². The Bertz CT molecular complexity index is 401. The number of piperidine rings is 1. The summed E-state index contributed by atoms with van der Waals surface area (Å²) in [6.45, 7) is 5.90. The summed E-state index contributed by atoms with van der Waals surface area (Å²) in [7, 11) is 0. The van der Waals surface area contributed by atoms with E-state index in [0.717, 1.165) is 71.4 Å². The van der Waals surface area contributed by atoms with Crippen molar-refractivity contribution in [3.05, 3.63) is 0 Å². The number of likely N-dealkylation sites (tertiary alicyclic amines) is 2. The lowest BCUT2D eigenvalue weighted by molar-refractivity contribution is -0.127. The Labute approximate surface area is 133 Å². The molecule has 3 rings (SSSR count). The number of hydrogen-bond donors (Lipinski definition) is 1. The molecule has 5 heteroatoms. The summed E-state index contributed by atoms with van der Waals surface area (Å²) in [5, 5.41) is 3.11.